The van der Waals surface area contributed by atoms with Gasteiger partial charge in [0.25, 0.3) is 5.91 Å². The lowest BCUT2D eigenvalue weighted by Gasteiger charge is -2.20. The van der Waals surface area contributed by atoms with Crippen molar-refractivity contribution in [3.05, 3.63) is 119 Å². The van der Waals surface area contributed by atoms with Crippen LogP contribution in [0.2, 0.25) is 5.02 Å². The molecule has 0 aliphatic rings. The molecule has 2 heterocycles. The van der Waals surface area contributed by atoms with Crippen molar-refractivity contribution in [2.45, 2.75) is 38.8 Å². The number of hydrogen-bond donors (Lipinski definition) is 4. The van der Waals surface area contributed by atoms with Crippen molar-refractivity contribution < 1.29 is 28.7 Å². The summed E-state index contributed by atoms with van der Waals surface area (Å²) >= 11 is 6.14. The standard InChI is InChI=1S/C35H32ClN9O6/c1-35(2,3)51-34(50)22-8-13-26(14-9-22)40-31(47)28(17-21-6-11-25(12-7-21)39-30(46)23-5-4-16-37-19-23)42-33(49)32(48)41-27-18-24(36)10-15-29(27)45-20-38-43-44-45/h4-16,18-20,28H,17H2,1-3H3,(H,39,46)(H,40,47)(H,41,48)(H,42,49)/t28-/m0/s1. The van der Waals surface area contributed by atoms with Crippen LogP contribution < -0.4 is 21.3 Å². The van der Waals surface area contributed by atoms with E-state index in [1.165, 1.54) is 47.5 Å². The van der Waals surface area contributed by atoms with Gasteiger partial charge < -0.3 is 26.0 Å². The van der Waals surface area contributed by atoms with Crippen LogP contribution in [0.4, 0.5) is 17.1 Å². The van der Waals surface area contributed by atoms with Crippen LogP contribution in [-0.2, 0) is 25.5 Å². The zero-order valence-electron chi connectivity index (χ0n) is 27.6. The minimum absolute atomic E-state index is 0.0370. The Hall–Kier alpha value is -6.48. The number of aromatic nitrogens is 5. The van der Waals surface area contributed by atoms with Crippen LogP contribution in [0.25, 0.3) is 5.69 Å². The first kappa shape index (κ1) is 35.8. The van der Waals surface area contributed by atoms with Gasteiger partial charge in [-0.15, -0.1) is 5.10 Å². The summed E-state index contributed by atoms with van der Waals surface area (Å²) in [5.74, 6) is -3.73. The molecule has 0 aliphatic carbocycles. The van der Waals surface area contributed by atoms with Gasteiger partial charge in [-0.1, -0.05) is 23.7 Å². The number of halogens is 1. The lowest BCUT2D eigenvalue weighted by molar-refractivity contribution is -0.137. The largest absolute Gasteiger partial charge is 0.456 e. The summed E-state index contributed by atoms with van der Waals surface area (Å²) in [6, 6.07) is 19.2. The molecule has 0 saturated carbocycles. The Morgan fingerprint density at radius 1 is 0.843 bits per heavy atom. The van der Waals surface area contributed by atoms with Gasteiger partial charge in [0.05, 0.1) is 22.5 Å². The first-order valence-corrected chi connectivity index (χ1v) is 15.8. The number of pyridine rings is 1. The Morgan fingerprint density at radius 2 is 1.55 bits per heavy atom. The van der Waals surface area contributed by atoms with Gasteiger partial charge in [-0.25, -0.2) is 4.79 Å². The van der Waals surface area contributed by atoms with E-state index in [0.717, 1.165) is 0 Å². The van der Waals surface area contributed by atoms with Gasteiger partial charge in [-0.05, 0) is 103 Å². The van der Waals surface area contributed by atoms with Crippen molar-refractivity contribution in [1.29, 1.82) is 0 Å². The topological polar surface area (TPSA) is 199 Å². The Labute approximate surface area is 296 Å². The first-order valence-electron chi connectivity index (χ1n) is 15.4. The SMILES string of the molecule is CC(C)(C)OC(=O)c1ccc(NC(=O)[C@H](Cc2ccc(NC(=O)c3cccnc3)cc2)NC(=O)C(=O)Nc2cc(Cl)ccc2-n2cnnn2)cc1. The van der Waals surface area contributed by atoms with E-state index < -0.39 is 35.3 Å². The molecule has 5 aromatic rings. The predicted octanol–water partition coefficient (Wildman–Crippen LogP) is 4.22. The smallest absolute Gasteiger partial charge is 0.338 e. The highest BCUT2D eigenvalue weighted by Crippen LogP contribution is 2.24. The van der Waals surface area contributed by atoms with Crippen molar-refractivity contribution >= 4 is 58.3 Å². The van der Waals surface area contributed by atoms with Crippen molar-refractivity contribution in [3.8, 4) is 5.69 Å². The molecule has 16 heteroatoms. The fraction of sp³-hybridized carbons (Fsp3) is 0.171. The number of amides is 4. The molecule has 4 amide bonds. The van der Waals surface area contributed by atoms with Crippen LogP contribution >= 0.6 is 11.6 Å². The molecule has 0 spiro atoms. The maximum atomic E-state index is 13.6. The molecule has 0 aliphatic heterocycles. The monoisotopic (exact) mass is 709 g/mol. The molecule has 4 N–H and O–H groups in total. The van der Waals surface area contributed by atoms with Crippen LogP contribution in [0.15, 0.2) is 97.6 Å². The Balaban J connectivity index is 1.32. The van der Waals surface area contributed by atoms with Gasteiger partial charge in [0, 0.05) is 35.2 Å². The maximum absolute atomic E-state index is 13.6. The second kappa shape index (κ2) is 15.8. The van der Waals surface area contributed by atoms with Crippen LogP contribution in [0.1, 0.15) is 47.1 Å². The quantitative estimate of drug-likeness (QED) is 0.120. The lowest BCUT2D eigenvalue weighted by Crippen LogP contribution is -2.49. The van der Waals surface area contributed by atoms with E-state index in [9.17, 15) is 24.0 Å². The van der Waals surface area contributed by atoms with E-state index >= 15 is 0 Å². The Morgan fingerprint density at radius 3 is 2.20 bits per heavy atom. The number of benzene rings is 3. The van der Waals surface area contributed by atoms with Gasteiger partial charge in [0.1, 0.15) is 18.0 Å². The van der Waals surface area contributed by atoms with Gasteiger partial charge in [-0.2, -0.15) is 4.68 Å². The molecule has 15 nitrogen and oxygen atoms in total. The molecule has 1 atom stereocenters. The van der Waals surface area contributed by atoms with Gasteiger partial charge in [0.15, 0.2) is 0 Å². The van der Waals surface area contributed by atoms with E-state index in [1.54, 1.807) is 75.5 Å². The molecular formula is C35H32ClN9O6. The number of ether oxygens (including phenoxy) is 1. The van der Waals surface area contributed by atoms with Crippen molar-refractivity contribution in [1.82, 2.24) is 30.5 Å². The number of rotatable bonds is 10. The lowest BCUT2D eigenvalue weighted by atomic mass is 10.0. The van der Waals surface area contributed by atoms with E-state index in [-0.39, 0.29) is 28.6 Å². The van der Waals surface area contributed by atoms with Crippen LogP contribution in [-0.4, -0.2) is 66.4 Å². The molecule has 0 unspecified atom stereocenters. The maximum Gasteiger partial charge on any atom is 0.338 e. The summed E-state index contributed by atoms with van der Waals surface area (Å²) in [5, 5.41) is 21.8. The van der Waals surface area contributed by atoms with E-state index in [1.807, 2.05) is 0 Å². The third kappa shape index (κ3) is 10.0. The number of tetrazole rings is 1. The minimum Gasteiger partial charge on any atom is -0.456 e. The van der Waals surface area contributed by atoms with Crippen molar-refractivity contribution in [3.63, 3.8) is 0 Å². The fourth-order valence-corrected chi connectivity index (χ4v) is 4.78. The van der Waals surface area contributed by atoms with Crippen LogP contribution in [0.5, 0.6) is 0 Å². The molecule has 0 radical (unpaired) electrons. The molecule has 3 aromatic carbocycles. The van der Waals surface area contributed by atoms with Gasteiger partial charge in [0.2, 0.25) is 5.91 Å². The summed E-state index contributed by atoms with van der Waals surface area (Å²) in [5.41, 5.74) is 1.87. The summed E-state index contributed by atoms with van der Waals surface area (Å²) in [4.78, 5) is 68.9. The molecule has 0 bridgehead atoms. The zero-order valence-corrected chi connectivity index (χ0v) is 28.3. The highest BCUT2D eigenvalue weighted by molar-refractivity contribution is 6.40. The fourth-order valence-electron chi connectivity index (χ4n) is 4.61. The number of hydrogen-bond acceptors (Lipinski definition) is 10. The van der Waals surface area contributed by atoms with E-state index in [4.69, 9.17) is 16.3 Å². The van der Waals surface area contributed by atoms with Crippen LogP contribution in [0, 0.1) is 0 Å². The zero-order chi connectivity index (χ0) is 36.5. The first-order chi connectivity index (χ1) is 24.3. The molecule has 260 valence electrons. The molecule has 0 saturated heterocycles. The number of carbonyl (C=O) groups excluding carboxylic acids is 5. The Kier molecular flexibility index (Phi) is 11.1. The predicted molar refractivity (Wildman–Crippen MR) is 187 cm³/mol. The number of nitrogens with zero attached hydrogens (tertiary/aromatic N) is 5. The second-order valence-electron chi connectivity index (χ2n) is 12.1. The van der Waals surface area contributed by atoms with Crippen molar-refractivity contribution in [2.75, 3.05) is 16.0 Å². The average molecular weight is 710 g/mol. The summed E-state index contributed by atoms with van der Waals surface area (Å²) in [6.07, 6.45) is 4.26. The summed E-state index contributed by atoms with van der Waals surface area (Å²) < 4.78 is 6.66. The van der Waals surface area contributed by atoms with Gasteiger partial charge in [-0.3, -0.25) is 24.2 Å². The Bertz CT molecular complexity index is 2030. The highest BCUT2D eigenvalue weighted by Gasteiger charge is 2.26. The number of nitrogens with one attached hydrogen (secondary N) is 4. The summed E-state index contributed by atoms with van der Waals surface area (Å²) in [7, 11) is 0. The number of esters is 1. The van der Waals surface area contributed by atoms with E-state index in [2.05, 4.69) is 41.8 Å². The normalized spacial score (nSPS) is 11.5. The third-order valence-corrected chi connectivity index (χ3v) is 7.23. The highest BCUT2D eigenvalue weighted by atomic mass is 35.5. The number of anilines is 3. The molecular weight excluding hydrogens is 678 g/mol. The summed E-state index contributed by atoms with van der Waals surface area (Å²) in [6.45, 7) is 5.26. The van der Waals surface area contributed by atoms with Gasteiger partial charge >= 0.3 is 17.8 Å². The molecule has 51 heavy (non-hydrogen) atoms. The van der Waals surface area contributed by atoms with Crippen molar-refractivity contribution in [2.24, 2.45) is 0 Å². The molecule has 5 rings (SSSR count). The molecule has 0 fully saturated rings. The third-order valence-electron chi connectivity index (χ3n) is 6.99. The molecule has 2 aromatic heterocycles. The second-order valence-corrected chi connectivity index (χ2v) is 12.5. The van der Waals surface area contributed by atoms with Crippen LogP contribution in [0.3, 0.4) is 0 Å². The average Bonchev–Trinajstić information content (AvgIpc) is 3.63. The minimum atomic E-state index is -1.25. The number of carbonyl (C=O) groups is 5. The van der Waals surface area contributed by atoms with E-state index in [0.29, 0.717) is 28.2 Å².